The number of nitrogens with one attached hydrogen (secondary N) is 3. The van der Waals surface area contributed by atoms with Crippen molar-refractivity contribution in [1.82, 2.24) is 10.6 Å². The van der Waals surface area contributed by atoms with E-state index in [9.17, 15) is 14.4 Å². The van der Waals surface area contributed by atoms with Crippen LogP contribution in [0, 0.1) is 5.41 Å². The summed E-state index contributed by atoms with van der Waals surface area (Å²) < 4.78 is 0. The molecule has 10 nitrogen and oxygen atoms in total. The molecule has 0 radical (unpaired) electrons. The Morgan fingerprint density at radius 1 is 0.788 bits per heavy atom. The summed E-state index contributed by atoms with van der Waals surface area (Å²) in [5, 5.41) is 28.9. The van der Waals surface area contributed by atoms with Crippen molar-refractivity contribution in [2.24, 2.45) is 11.5 Å². The molecule has 1 atom stereocenters. The predicted octanol–water partition coefficient (Wildman–Crippen LogP) is 2.94. The molecule has 0 saturated carbocycles. The Bertz CT molecular complexity index is 531. The normalized spacial score (nSPS) is 11.1. The number of carboxylic acid groups (broad SMARTS) is 2. The summed E-state index contributed by atoms with van der Waals surface area (Å²) in [5.74, 6) is -2.25. The molecule has 10 heteroatoms. The molecule has 0 rings (SSSR count). The van der Waals surface area contributed by atoms with E-state index in [1.54, 1.807) is 0 Å². The lowest BCUT2D eigenvalue weighted by Gasteiger charge is -2.06. The molecule has 33 heavy (non-hydrogen) atoms. The third kappa shape index (κ3) is 29.6. The minimum Gasteiger partial charge on any atom is -0.481 e. The number of carbonyl (C=O) groups is 3. The Kier molecular flexibility index (Phi) is 24.2. The van der Waals surface area contributed by atoms with Gasteiger partial charge in [-0.15, -0.1) is 0 Å². The third-order valence-electron chi connectivity index (χ3n) is 4.96. The standard InChI is InChI=1S/C19H40N4O.C4H7NO4/c1-2-3-4-5-6-7-8-9-12-15-18(24)22-16-13-10-11-14-17-23-19(20)21;5-2(4(8)9)1-3(6)7/h2-17H2,1H3,(H,22,24)(H4,20,21,23);2H,1,5H2,(H,6,7)(H,8,9)/t;2-/m.0/s1. The lowest BCUT2D eigenvalue weighted by Crippen LogP contribution is -2.32. The maximum absolute atomic E-state index is 11.7. The zero-order chi connectivity index (χ0) is 25.3. The Balaban J connectivity index is 0. The summed E-state index contributed by atoms with van der Waals surface area (Å²) in [4.78, 5) is 31.3. The fraction of sp³-hybridized carbons (Fsp3) is 0.826. The Morgan fingerprint density at radius 3 is 1.67 bits per heavy atom. The first kappa shape index (κ1) is 32.8. The van der Waals surface area contributed by atoms with E-state index in [2.05, 4.69) is 17.6 Å². The SMILES string of the molecule is CCCCCCCCCCCC(=O)NCCCCCCNC(=N)N.N[C@@H](CC(=O)O)C(=O)O. The van der Waals surface area contributed by atoms with Crippen LogP contribution in [0.5, 0.6) is 0 Å². The van der Waals surface area contributed by atoms with Gasteiger partial charge < -0.3 is 32.3 Å². The average Bonchev–Trinajstić information content (AvgIpc) is 2.74. The highest BCUT2D eigenvalue weighted by molar-refractivity contribution is 5.80. The molecule has 0 aliphatic rings. The molecule has 0 heterocycles. The van der Waals surface area contributed by atoms with Crippen molar-refractivity contribution in [1.29, 1.82) is 5.41 Å². The Labute approximate surface area is 198 Å². The maximum Gasteiger partial charge on any atom is 0.321 e. The molecule has 0 spiro atoms. The second kappa shape index (κ2) is 24.3. The van der Waals surface area contributed by atoms with E-state index < -0.39 is 24.4 Å². The van der Waals surface area contributed by atoms with Gasteiger partial charge in [0.15, 0.2) is 5.96 Å². The van der Waals surface area contributed by atoms with Gasteiger partial charge in [-0.1, -0.05) is 71.1 Å². The van der Waals surface area contributed by atoms with Crippen LogP contribution in [0.1, 0.15) is 103 Å². The van der Waals surface area contributed by atoms with Gasteiger partial charge in [-0.3, -0.25) is 19.8 Å². The number of hydrogen-bond acceptors (Lipinski definition) is 5. The maximum atomic E-state index is 11.7. The number of carboxylic acids is 2. The van der Waals surface area contributed by atoms with Crippen LogP contribution in [0.25, 0.3) is 0 Å². The van der Waals surface area contributed by atoms with Gasteiger partial charge >= 0.3 is 11.9 Å². The van der Waals surface area contributed by atoms with Crippen LogP contribution in [0.3, 0.4) is 0 Å². The molecule has 0 aromatic rings. The van der Waals surface area contributed by atoms with Gasteiger partial charge in [0.1, 0.15) is 6.04 Å². The van der Waals surface area contributed by atoms with Gasteiger partial charge in [0, 0.05) is 19.5 Å². The molecule has 0 unspecified atom stereocenters. The molecule has 0 bridgehead atoms. The number of rotatable bonds is 20. The first-order valence-corrected chi connectivity index (χ1v) is 12.2. The predicted molar refractivity (Wildman–Crippen MR) is 131 cm³/mol. The van der Waals surface area contributed by atoms with Crippen molar-refractivity contribution in [3.8, 4) is 0 Å². The quantitative estimate of drug-likeness (QED) is 0.0796. The Morgan fingerprint density at radius 2 is 1.24 bits per heavy atom. The highest BCUT2D eigenvalue weighted by Crippen LogP contribution is 2.10. The lowest BCUT2D eigenvalue weighted by atomic mass is 10.1. The van der Waals surface area contributed by atoms with Crippen LogP contribution in [-0.4, -0.2) is 53.1 Å². The molecular formula is C23H47N5O5. The van der Waals surface area contributed by atoms with Crippen molar-refractivity contribution in [3.05, 3.63) is 0 Å². The van der Waals surface area contributed by atoms with Gasteiger partial charge in [-0.05, 0) is 19.3 Å². The number of carbonyl (C=O) groups excluding carboxylic acids is 1. The van der Waals surface area contributed by atoms with Gasteiger partial charge in [0.05, 0.1) is 6.42 Å². The van der Waals surface area contributed by atoms with E-state index in [-0.39, 0.29) is 11.9 Å². The summed E-state index contributed by atoms with van der Waals surface area (Å²) in [6.45, 7) is 3.80. The summed E-state index contributed by atoms with van der Waals surface area (Å²) in [7, 11) is 0. The lowest BCUT2D eigenvalue weighted by molar-refractivity contribution is -0.144. The molecule has 0 aromatic heterocycles. The van der Waals surface area contributed by atoms with Crippen molar-refractivity contribution >= 4 is 23.8 Å². The van der Waals surface area contributed by atoms with E-state index in [1.165, 1.54) is 51.4 Å². The smallest absolute Gasteiger partial charge is 0.321 e. The van der Waals surface area contributed by atoms with Crippen molar-refractivity contribution in [2.75, 3.05) is 13.1 Å². The molecule has 0 saturated heterocycles. The van der Waals surface area contributed by atoms with Crippen LogP contribution in [0.4, 0.5) is 0 Å². The highest BCUT2D eigenvalue weighted by Gasteiger charge is 2.14. The summed E-state index contributed by atoms with van der Waals surface area (Å²) in [5.41, 5.74) is 10.0. The van der Waals surface area contributed by atoms with E-state index >= 15 is 0 Å². The average molecular weight is 474 g/mol. The summed E-state index contributed by atoms with van der Waals surface area (Å²) in [6, 6.07) is -1.29. The zero-order valence-electron chi connectivity index (χ0n) is 20.4. The number of hydrogen-bond donors (Lipinski definition) is 7. The number of aliphatic carboxylic acids is 2. The molecule has 0 fully saturated rings. The molecule has 194 valence electrons. The van der Waals surface area contributed by atoms with Crippen LogP contribution in [0.2, 0.25) is 0 Å². The van der Waals surface area contributed by atoms with Crippen molar-refractivity contribution in [3.63, 3.8) is 0 Å². The molecule has 0 aromatic carbocycles. The third-order valence-corrected chi connectivity index (χ3v) is 4.96. The van der Waals surface area contributed by atoms with E-state index in [4.69, 9.17) is 27.1 Å². The molecule has 0 aliphatic carbocycles. The van der Waals surface area contributed by atoms with Gasteiger partial charge in [0.2, 0.25) is 5.91 Å². The number of guanidine groups is 1. The first-order chi connectivity index (χ1) is 15.7. The van der Waals surface area contributed by atoms with Gasteiger partial charge in [0.25, 0.3) is 0 Å². The number of unbranched alkanes of at least 4 members (excludes halogenated alkanes) is 11. The fourth-order valence-electron chi connectivity index (χ4n) is 3.01. The summed E-state index contributed by atoms with van der Waals surface area (Å²) >= 11 is 0. The van der Waals surface area contributed by atoms with E-state index in [0.29, 0.717) is 6.42 Å². The zero-order valence-corrected chi connectivity index (χ0v) is 20.4. The second-order valence-electron chi connectivity index (χ2n) is 8.23. The van der Waals surface area contributed by atoms with Gasteiger partial charge in [-0.2, -0.15) is 0 Å². The fourth-order valence-corrected chi connectivity index (χ4v) is 3.01. The monoisotopic (exact) mass is 473 g/mol. The van der Waals surface area contributed by atoms with E-state index in [0.717, 1.165) is 45.2 Å². The second-order valence-corrected chi connectivity index (χ2v) is 8.23. The van der Waals surface area contributed by atoms with Crippen LogP contribution in [-0.2, 0) is 14.4 Å². The van der Waals surface area contributed by atoms with Crippen molar-refractivity contribution in [2.45, 2.75) is 109 Å². The van der Waals surface area contributed by atoms with Crippen LogP contribution < -0.4 is 22.1 Å². The number of nitrogens with two attached hydrogens (primary N) is 2. The molecule has 0 aliphatic heterocycles. The topological polar surface area (TPSA) is 192 Å². The van der Waals surface area contributed by atoms with E-state index in [1.807, 2.05) is 0 Å². The van der Waals surface area contributed by atoms with Crippen molar-refractivity contribution < 1.29 is 24.6 Å². The Hall–Kier alpha value is -2.36. The molecular weight excluding hydrogens is 426 g/mol. The largest absolute Gasteiger partial charge is 0.481 e. The molecule has 1 amide bonds. The minimum atomic E-state index is -1.29. The van der Waals surface area contributed by atoms with Crippen LogP contribution >= 0.6 is 0 Å². The highest BCUT2D eigenvalue weighted by atomic mass is 16.4. The summed E-state index contributed by atoms with van der Waals surface area (Å²) in [6.07, 6.45) is 16.0. The minimum absolute atomic E-state index is 0.0405. The number of amides is 1. The van der Waals surface area contributed by atoms with Gasteiger partial charge in [-0.25, -0.2) is 0 Å². The van der Waals surface area contributed by atoms with Crippen LogP contribution in [0.15, 0.2) is 0 Å². The first-order valence-electron chi connectivity index (χ1n) is 12.2. The molecule has 9 N–H and O–H groups in total.